The van der Waals surface area contributed by atoms with E-state index in [2.05, 4.69) is 5.32 Å². The molecular weight excluding hydrogens is 274 g/mol. The molecule has 1 saturated heterocycles. The number of nitrogens with one attached hydrogen (secondary N) is 1. The zero-order valence-electron chi connectivity index (χ0n) is 12.0. The summed E-state index contributed by atoms with van der Waals surface area (Å²) in [5.74, 6) is 0.329. The van der Waals surface area contributed by atoms with Crippen LogP contribution in [0.2, 0.25) is 0 Å². The fraction of sp³-hybridized carbons (Fsp3) is 0.500. The van der Waals surface area contributed by atoms with Crippen molar-refractivity contribution in [1.29, 1.82) is 5.26 Å². The number of non-ortho nitro benzene ring substituents is 1. The minimum Gasteiger partial charge on any atom is -0.489 e. The summed E-state index contributed by atoms with van der Waals surface area (Å²) in [4.78, 5) is 10.1. The highest BCUT2D eigenvalue weighted by molar-refractivity contribution is 5.50. The maximum absolute atomic E-state index is 10.7. The Hall–Kier alpha value is -2.17. The topological polar surface area (TPSA) is 97.4 Å². The Morgan fingerprint density at radius 1 is 1.62 bits per heavy atom. The smallest absolute Gasteiger partial charge is 0.271 e. The second-order valence-electron chi connectivity index (χ2n) is 5.49. The van der Waals surface area contributed by atoms with E-state index < -0.39 is 4.92 Å². The van der Waals surface area contributed by atoms with E-state index in [1.54, 1.807) is 0 Å². The Balaban J connectivity index is 2.03. The lowest BCUT2D eigenvalue weighted by atomic mass is 10.1. The van der Waals surface area contributed by atoms with Crippen LogP contribution in [0.4, 0.5) is 5.69 Å². The minimum absolute atomic E-state index is 0.129. The van der Waals surface area contributed by atoms with Crippen molar-refractivity contribution in [2.24, 2.45) is 0 Å². The van der Waals surface area contributed by atoms with Gasteiger partial charge in [0.2, 0.25) is 0 Å². The van der Waals surface area contributed by atoms with Crippen molar-refractivity contribution < 1.29 is 14.4 Å². The van der Waals surface area contributed by atoms with Gasteiger partial charge in [-0.25, -0.2) is 0 Å². The summed E-state index contributed by atoms with van der Waals surface area (Å²) in [6.07, 6.45) is -0.129. The Labute approximate surface area is 122 Å². The third kappa shape index (κ3) is 3.90. The van der Waals surface area contributed by atoms with E-state index in [9.17, 15) is 10.1 Å². The molecular formula is C14H17N3O4. The SMILES string of the molecule is CC1(C)CNCC(COc2ccc([N+](=O)[O-])cc2C#N)O1. The maximum atomic E-state index is 10.7. The van der Waals surface area contributed by atoms with Crippen molar-refractivity contribution >= 4 is 5.69 Å². The van der Waals surface area contributed by atoms with Crippen LogP contribution in [0.1, 0.15) is 19.4 Å². The van der Waals surface area contributed by atoms with Gasteiger partial charge >= 0.3 is 0 Å². The Morgan fingerprint density at radius 2 is 2.38 bits per heavy atom. The first kappa shape index (κ1) is 15.2. The quantitative estimate of drug-likeness (QED) is 0.668. The molecule has 112 valence electrons. The van der Waals surface area contributed by atoms with Crippen LogP contribution in [0.15, 0.2) is 18.2 Å². The summed E-state index contributed by atoms with van der Waals surface area (Å²) in [6, 6.07) is 5.88. The van der Waals surface area contributed by atoms with E-state index in [0.29, 0.717) is 12.3 Å². The van der Waals surface area contributed by atoms with Crippen LogP contribution in [0.25, 0.3) is 0 Å². The standard InChI is InChI=1S/C14H17N3O4/c1-14(2)9-16-7-12(21-14)8-20-13-4-3-11(17(18)19)5-10(13)6-15/h3-5,12,16H,7-9H2,1-2H3. The first-order valence-electron chi connectivity index (χ1n) is 6.61. The lowest BCUT2D eigenvalue weighted by molar-refractivity contribution is -0.384. The van der Waals surface area contributed by atoms with Gasteiger partial charge in [-0.3, -0.25) is 10.1 Å². The predicted molar refractivity (Wildman–Crippen MR) is 75.1 cm³/mol. The van der Waals surface area contributed by atoms with Crippen LogP contribution in [-0.2, 0) is 4.74 Å². The highest BCUT2D eigenvalue weighted by Gasteiger charge is 2.28. The molecule has 1 aliphatic heterocycles. The molecule has 1 aliphatic rings. The van der Waals surface area contributed by atoms with E-state index in [4.69, 9.17) is 14.7 Å². The summed E-state index contributed by atoms with van der Waals surface area (Å²) < 4.78 is 11.4. The van der Waals surface area contributed by atoms with Crippen molar-refractivity contribution in [3.05, 3.63) is 33.9 Å². The summed E-state index contributed by atoms with van der Waals surface area (Å²) in [7, 11) is 0. The lowest BCUT2D eigenvalue weighted by Gasteiger charge is -2.36. The summed E-state index contributed by atoms with van der Waals surface area (Å²) in [5.41, 5.74) is -0.248. The molecule has 1 fully saturated rings. The molecule has 0 bridgehead atoms. The van der Waals surface area contributed by atoms with E-state index in [1.165, 1.54) is 18.2 Å². The average Bonchev–Trinajstić information content (AvgIpc) is 2.43. The van der Waals surface area contributed by atoms with Crippen LogP contribution in [-0.4, -0.2) is 36.3 Å². The van der Waals surface area contributed by atoms with Gasteiger partial charge in [-0.2, -0.15) is 5.26 Å². The third-order valence-corrected chi connectivity index (χ3v) is 3.13. The van der Waals surface area contributed by atoms with Crippen LogP contribution in [0.5, 0.6) is 5.75 Å². The number of rotatable bonds is 4. The fourth-order valence-electron chi connectivity index (χ4n) is 2.19. The summed E-state index contributed by atoms with van der Waals surface area (Å²) in [5, 5.41) is 23.0. The number of nitro benzene ring substituents is 1. The highest BCUT2D eigenvalue weighted by Crippen LogP contribution is 2.24. The molecule has 1 atom stereocenters. The Kier molecular flexibility index (Phi) is 4.40. The molecule has 7 heteroatoms. The first-order valence-corrected chi connectivity index (χ1v) is 6.61. The molecule has 2 rings (SSSR count). The van der Waals surface area contributed by atoms with Crippen LogP contribution < -0.4 is 10.1 Å². The molecule has 1 heterocycles. The number of nitrogens with zero attached hydrogens (tertiary/aromatic N) is 2. The van der Waals surface area contributed by atoms with Crippen molar-refractivity contribution in [3.63, 3.8) is 0 Å². The average molecular weight is 291 g/mol. The molecule has 0 saturated carbocycles. The van der Waals surface area contributed by atoms with Crippen LogP contribution >= 0.6 is 0 Å². The maximum Gasteiger partial charge on any atom is 0.271 e. The molecule has 7 nitrogen and oxygen atoms in total. The number of benzene rings is 1. The van der Waals surface area contributed by atoms with Crippen molar-refractivity contribution in [1.82, 2.24) is 5.32 Å². The van der Waals surface area contributed by atoms with Gasteiger partial charge < -0.3 is 14.8 Å². The molecule has 0 amide bonds. The normalized spacial score (nSPS) is 20.5. The van der Waals surface area contributed by atoms with Gasteiger partial charge in [-0.05, 0) is 19.9 Å². The van der Waals surface area contributed by atoms with E-state index in [-0.39, 0.29) is 29.6 Å². The van der Waals surface area contributed by atoms with Crippen molar-refractivity contribution in [3.8, 4) is 11.8 Å². The Morgan fingerprint density at radius 3 is 3.00 bits per heavy atom. The molecule has 0 radical (unpaired) electrons. The molecule has 1 N–H and O–H groups in total. The second-order valence-corrected chi connectivity index (χ2v) is 5.49. The summed E-state index contributed by atoms with van der Waals surface area (Å²) >= 11 is 0. The van der Waals surface area contributed by atoms with Crippen LogP contribution in [0, 0.1) is 21.4 Å². The number of ether oxygens (including phenoxy) is 2. The number of hydrogen-bond acceptors (Lipinski definition) is 6. The first-order chi connectivity index (χ1) is 9.91. The monoisotopic (exact) mass is 291 g/mol. The van der Waals surface area contributed by atoms with Gasteiger partial charge in [-0.1, -0.05) is 0 Å². The molecule has 1 aromatic rings. The van der Waals surface area contributed by atoms with Gasteiger partial charge in [-0.15, -0.1) is 0 Å². The lowest BCUT2D eigenvalue weighted by Crippen LogP contribution is -2.52. The third-order valence-electron chi connectivity index (χ3n) is 3.13. The molecule has 0 aliphatic carbocycles. The van der Waals surface area contributed by atoms with Gasteiger partial charge in [0.05, 0.1) is 10.5 Å². The summed E-state index contributed by atoms with van der Waals surface area (Å²) in [6.45, 7) is 5.68. The molecule has 1 aromatic carbocycles. The minimum atomic E-state index is -0.540. The number of nitro groups is 1. The van der Waals surface area contributed by atoms with Crippen molar-refractivity contribution in [2.75, 3.05) is 19.7 Å². The zero-order chi connectivity index (χ0) is 15.5. The number of morpholine rings is 1. The predicted octanol–water partition coefficient (Wildman–Crippen LogP) is 1.61. The second kappa shape index (κ2) is 6.08. The van der Waals surface area contributed by atoms with Gasteiger partial charge in [0.1, 0.15) is 30.1 Å². The molecule has 0 aromatic heterocycles. The fourth-order valence-corrected chi connectivity index (χ4v) is 2.19. The van der Waals surface area contributed by atoms with Gasteiger partial charge in [0, 0.05) is 25.2 Å². The zero-order valence-corrected chi connectivity index (χ0v) is 12.0. The largest absolute Gasteiger partial charge is 0.489 e. The van der Waals surface area contributed by atoms with Gasteiger partial charge in [0.15, 0.2) is 0 Å². The van der Waals surface area contributed by atoms with E-state index in [1.807, 2.05) is 19.9 Å². The molecule has 0 spiro atoms. The highest BCUT2D eigenvalue weighted by atomic mass is 16.6. The number of nitriles is 1. The van der Waals surface area contributed by atoms with E-state index >= 15 is 0 Å². The molecule has 21 heavy (non-hydrogen) atoms. The van der Waals surface area contributed by atoms with Crippen molar-refractivity contribution in [2.45, 2.75) is 25.6 Å². The van der Waals surface area contributed by atoms with Gasteiger partial charge in [0.25, 0.3) is 5.69 Å². The number of hydrogen-bond donors (Lipinski definition) is 1. The Bertz CT molecular complexity index is 580. The van der Waals surface area contributed by atoms with Crippen LogP contribution in [0.3, 0.4) is 0 Å². The molecule has 1 unspecified atom stereocenters. The van der Waals surface area contributed by atoms with E-state index in [0.717, 1.165) is 6.54 Å².